The molecule has 0 saturated carbocycles. The van der Waals surface area contributed by atoms with Gasteiger partial charge in [-0.05, 0) is 12.1 Å². The van der Waals surface area contributed by atoms with E-state index in [0.717, 1.165) is 23.5 Å². The van der Waals surface area contributed by atoms with Crippen LogP contribution in [0.15, 0.2) is 28.9 Å². The Kier molecular flexibility index (Phi) is 2.38. The lowest BCUT2D eigenvalue weighted by atomic mass is 10.1. The second-order valence-electron chi connectivity index (χ2n) is 4.24. The van der Waals surface area contributed by atoms with Gasteiger partial charge < -0.3 is 14.6 Å². The number of ether oxygens (including phenoxy) is 1. The summed E-state index contributed by atoms with van der Waals surface area (Å²) in [5, 5.41) is 17.3. The van der Waals surface area contributed by atoms with Crippen molar-refractivity contribution < 1.29 is 9.26 Å². The Morgan fingerprint density at radius 2 is 2.25 bits per heavy atom. The third-order valence-electron chi connectivity index (χ3n) is 2.98. The van der Waals surface area contributed by atoms with Crippen molar-refractivity contribution in [2.24, 2.45) is 0 Å². The number of fused-ring (bicyclic) bond motifs is 1. The second kappa shape index (κ2) is 4.34. The van der Waals surface area contributed by atoms with Crippen LogP contribution in [0.25, 0.3) is 23.0 Å². The SMILES string of the molecule is c1cc2c(c(-c3nc(-c4cn[nH]n4)no3)c1)OCCN2. The minimum Gasteiger partial charge on any atom is -0.489 e. The normalized spacial score (nSPS) is 13.4. The summed E-state index contributed by atoms with van der Waals surface area (Å²) in [5.74, 6) is 1.51. The molecule has 0 amide bonds. The maximum atomic E-state index is 5.68. The molecule has 2 N–H and O–H groups in total. The van der Waals surface area contributed by atoms with Gasteiger partial charge in [0.2, 0.25) is 5.82 Å². The van der Waals surface area contributed by atoms with Crippen LogP contribution in [-0.4, -0.2) is 38.7 Å². The molecular weight excluding hydrogens is 260 g/mol. The molecule has 3 heterocycles. The van der Waals surface area contributed by atoms with E-state index in [1.165, 1.54) is 6.20 Å². The van der Waals surface area contributed by atoms with Gasteiger partial charge in [-0.2, -0.15) is 20.4 Å². The largest absolute Gasteiger partial charge is 0.489 e. The smallest absolute Gasteiger partial charge is 0.262 e. The summed E-state index contributed by atoms with van der Waals surface area (Å²) in [7, 11) is 0. The molecule has 0 aliphatic carbocycles. The van der Waals surface area contributed by atoms with E-state index in [1.54, 1.807) is 0 Å². The van der Waals surface area contributed by atoms with Crippen LogP contribution < -0.4 is 10.1 Å². The Bertz CT molecular complexity index is 736. The van der Waals surface area contributed by atoms with E-state index in [0.29, 0.717) is 24.0 Å². The fourth-order valence-electron chi connectivity index (χ4n) is 2.09. The van der Waals surface area contributed by atoms with Crippen LogP contribution in [0.5, 0.6) is 5.75 Å². The van der Waals surface area contributed by atoms with E-state index in [-0.39, 0.29) is 0 Å². The number of hydrogen-bond donors (Lipinski definition) is 2. The maximum Gasteiger partial charge on any atom is 0.262 e. The van der Waals surface area contributed by atoms with Crippen LogP contribution in [0.3, 0.4) is 0 Å². The molecular formula is C12H10N6O2. The molecule has 0 spiro atoms. The summed E-state index contributed by atoms with van der Waals surface area (Å²) in [6.07, 6.45) is 1.53. The van der Waals surface area contributed by atoms with E-state index >= 15 is 0 Å². The van der Waals surface area contributed by atoms with Gasteiger partial charge in [0, 0.05) is 6.54 Å². The van der Waals surface area contributed by atoms with Crippen molar-refractivity contribution >= 4 is 5.69 Å². The molecule has 1 aliphatic heterocycles. The molecule has 4 rings (SSSR count). The number of rotatable bonds is 2. The molecule has 8 nitrogen and oxygen atoms in total. The summed E-state index contributed by atoms with van der Waals surface area (Å²) in [6.45, 7) is 1.39. The molecule has 1 aromatic carbocycles. The van der Waals surface area contributed by atoms with Crippen molar-refractivity contribution in [2.45, 2.75) is 0 Å². The van der Waals surface area contributed by atoms with Gasteiger partial charge in [0.15, 0.2) is 11.4 Å². The highest BCUT2D eigenvalue weighted by Crippen LogP contribution is 2.37. The van der Waals surface area contributed by atoms with Gasteiger partial charge in [0.25, 0.3) is 5.89 Å². The number of benzene rings is 1. The Balaban J connectivity index is 1.78. The van der Waals surface area contributed by atoms with Crippen LogP contribution in [0.2, 0.25) is 0 Å². The minimum absolute atomic E-state index is 0.384. The molecule has 100 valence electrons. The Morgan fingerprint density at radius 1 is 1.25 bits per heavy atom. The zero-order valence-electron chi connectivity index (χ0n) is 10.3. The summed E-state index contributed by atoms with van der Waals surface area (Å²) >= 11 is 0. The highest BCUT2D eigenvalue weighted by atomic mass is 16.5. The Labute approximate surface area is 113 Å². The first-order valence-corrected chi connectivity index (χ1v) is 6.12. The average molecular weight is 270 g/mol. The zero-order valence-corrected chi connectivity index (χ0v) is 10.3. The van der Waals surface area contributed by atoms with Crippen LogP contribution in [0.4, 0.5) is 5.69 Å². The number of aromatic nitrogens is 5. The van der Waals surface area contributed by atoms with E-state index < -0.39 is 0 Å². The lowest BCUT2D eigenvalue weighted by molar-refractivity contribution is 0.322. The zero-order chi connectivity index (χ0) is 13.4. The third-order valence-corrected chi connectivity index (χ3v) is 2.98. The molecule has 1 aliphatic rings. The van der Waals surface area contributed by atoms with Crippen LogP contribution in [0.1, 0.15) is 0 Å². The van der Waals surface area contributed by atoms with Crippen molar-refractivity contribution in [3.05, 3.63) is 24.4 Å². The molecule has 0 radical (unpaired) electrons. The number of nitrogens with zero attached hydrogens (tertiary/aromatic N) is 4. The number of aromatic amines is 1. The highest BCUT2D eigenvalue weighted by molar-refractivity contribution is 5.75. The second-order valence-corrected chi connectivity index (χ2v) is 4.24. The van der Waals surface area contributed by atoms with Crippen LogP contribution in [-0.2, 0) is 0 Å². The quantitative estimate of drug-likeness (QED) is 0.724. The van der Waals surface area contributed by atoms with Crippen molar-refractivity contribution in [1.82, 2.24) is 25.6 Å². The van der Waals surface area contributed by atoms with E-state index in [9.17, 15) is 0 Å². The topological polar surface area (TPSA) is 102 Å². The van der Waals surface area contributed by atoms with Gasteiger partial charge in [-0.15, -0.1) is 0 Å². The first kappa shape index (κ1) is 11.0. The van der Waals surface area contributed by atoms with Crippen LogP contribution >= 0.6 is 0 Å². The average Bonchev–Trinajstić information content (AvgIpc) is 3.17. The maximum absolute atomic E-state index is 5.68. The molecule has 0 saturated heterocycles. The van der Waals surface area contributed by atoms with Gasteiger partial charge in [-0.3, -0.25) is 0 Å². The van der Waals surface area contributed by atoms with Crippen molar-refractivity contribution in [1.29, 1.82) is 0 Å². The molecule has 3 aromatic rings. The fourth-order valence-corrected chi connectivity index (χ4v) is 2.09. The van der Waals surface area contributed by atoms with Gasteiger partial charge >= 0.3 is 0 Å². The molecule has 0 fully saturated rings. The molecule has 0 unspecified atom stereocenters. The number of anilines is 1. The summed E-state index contributed by atoms with van der Waals surface area (Å²) in [4.78, 5) is 4.32. The van der Waals surface area contributed by atoms with E-state index in [4.69, 9.17) is 9.26 Å². The lowest BCUT2D eigenvalue weighted by Crippen LogP contribution is -2.18. The van der Waals surface area contributed by atoms with E-state index in [1.807, 2.05) is 18.2 Å². The predicted octanol–water partition coefficient (Wildman–Crippen LogP) is 1.33. The Morgan fingerprint density at radius 3 is 3.15 bits per heavy atom. The number of H-pyrrole nitrogens is 1. The first-order chi connectivity index (χ1) is 9.92. The summed E-state index contributed by atoms with van der Waals surface area (Å²) in [5.41, 5.74) is 2.22. The van der Waals surface area contributed by atoms with Gasteiger partial charge in [0.05, 0.1) is 17.4 Å². The van der Waals surface area contributed by atoms with Gasteiger partial charge in [-0.1, -0.05) is 11.2 Å². The highest BCUT2D eigenvalue weighted by Gasteiger charge is 2.20. The molecule has 0 atom stereocenters. The Hall–Kier alpha value is -2.90. The summed E-state index contributed by atoms with van der Waals surface area (Å²) < 4.78 is 11.0. The fraction of sp³-hybridized carbons (Fsp3) is 0.167. The molecule has 8 heteroatoms. The first-order valence-electron chi connectivity index (χ1n) is 6.12. The number of hydrogen-bond acceptors (Lipinski definition) is 7. The summed E-state index contributed by atoms with van der Waals surface area (Å²) in [6, 6.07) is 5.74. The number of para-hydroxylation sites is 1. The standard InChI is InChI=1S/C12H10N6O2/c1-2-7(10-8(3-1)13-4-5-19-10)12-15-11(17-20-12)9-6-14-18-16-9/h1-3,6,13H,4-5H2,(H,14,16,18). The minimum atomic E-state index is 0.384. The molecule has 0 bridgehead atoms. The lowest BCUT2D eigenvalue weighted by Gasteiger charge is -2.20. The van der Waals surface area contributed by atoms with Crippen molar-refractivity contribution in [3.63, 3.8) is 0 Å². The van der Waals surface area contributed by atoms with Crippen molar-refractivity contribution in [3.8, 4) is 28.7 Å². The van der Waals surface area contributed by atoms with Gasteiger partial charge in [0.1, 0.15) is 6.61 Å². The van der Waals surface area contributed by atoms with Crippen molar-refractivity contribution in [2.75, 3.05) is 18.5 Å². The number of nitrogens with one attached hydrogen (secondary N) is 2. The predicted molar refractivity (Wildman–Crippen MR) is 69.1 cm³/mol. The molecule has 20 heavy (non-hydrogen) atoms. The van der Waals surface area contributed by atoms with Crippen LogP contribution in [0, 0.1) is 0 Å². The van der Waals surface area contributed by atoms with Gasteiger partial charge in [-0.25, -0.2) is 0 Å². The van der Waals surface area contributed by atoms with E-state index in [2.05, 4.69) is 30.9 Å². The monoisotopic (exact) mass is 270 g/mol. The third kappa shape index (κ3) is 1.69. The molecule has 2 aromatic heterocycles.